The molecule has 8 aromatic carbocycles. The van der Waals surface area contributed by atoms with Crippen molar-refractivity contribution in [2.45, 2.75) is 27.7 Å². The lowest BCUT2D eigenvalue weighted by Gasteiger charge is -2.26. The van der Waals surface area contributed by atoms with Crippen molar-refractivity contribution < 1.29 is 0 Å². The van der Waals surface area contributed by atoms with Crippen molar-refractivity contribution in [3.63, 3.8) is 0 Å². The van der Waals surface area contributed by atoms with E-state index in [0.717, 1.165) is 56.4 Å². The third-order valence-electron chi connectivity index (χ3n) is 11.1. The maximum atomic E-state index is 2.31. The number of benzene rings is 8. The molecule has 8 rings (SSSR count). The number of allylic oxidation sites excluding steroid dienone is 4. The summed E-state index contributed by atoms with van der Waals surface area (Å²) in [5, 5.41) is 0. The summed E-state index contributed by atoms with van der Waals surface area (Å²) < 4.78 is 0. The highest BCUT2D eigenvalue weighted by atomic mass is 15.1. The minimum absolute atomic E-state index is 1.10. The van der Waals surface area contributed by atoms with E-state index in [-0.39, 0.29) is 0 Å². The van der Waals surface area contributed by atoms with Gasteiger partial charge in [-0.05, 0) is 145 Å². The van der Waals surface area contributed by atoms with Crippen LogP contribution in [0.2, 0.25) is 0 Å². The SMILES string of the molecule is Cc1ccc(/C=C/C=C/c2ccc(N(c3ccccc3)c3ccc(-c4ccc(N(c5ccccc5)c5ccc(/C=C/C=C/c6ccc(C)cc6C)cc5)cc4)cc3)cc2)c(C)c1. The first-order valence-electron chi connectivity index (χ1n) is 21.3. The summed E-state index contributed by atoms with van der Waals surface area (Å²) in [5.41, 5.74) is 18.9. The molecule has 0 unspecified atom stereocenters. The van der Waals surface area contributed by atoms with E-state index in [1.165, 1.54) is 33.4 Å². The van der Waals surface area contributed by atoms with Crippen LogP contribution >= 0.6 is 0 Å². The molecule has 0 aliphatic rings. The maximum absolute atomic E-state index is 2.31. The van der Waals surface area contributed by atoms with Crippen molar-refractivity contribution in [3.8, 4) is 11.1 Å². The second-order valence-corrected chi connectivity index (χ2v) is 15.8. The predicted octanol–water partition coefficient (Wildman–Crippen LogP) is 17.0. The van der Waals surface area contributed by atoms with E-state index < -0.39 is 0 Å². The van der Waals surface area contributed by atoms with E-state index in [1.807, 2.05) is 0 Å². The van der Waals surface area contributed by atoms with Crippen LogP contribution in [0.25, 0.3) is 35.4 Å². The van der Waals surface area contributed by atoms with Crippen molar-refractivity contribution in [2.24, 2.45) is 0 Å². The second kappa shape index (κ2) is 19.6. The third-order valence-corrected chi connectivity index (χ3v) is 11.1. The highest BCUT2D eigenvalue weighted by molar-refractivity contribution is 5.81. The monoisotopic (exact) mass is 800 g/mol. The van der Waals surface area contributed by atoms with Gasteiger partial charge in [0.25, 0.3) is 0 Å². The molecule has 0 amide bonds. The van der Waals surface area contributed by atoms with Crippen LogP contribution in [0, 0.1) is 27.7 Å². The first-order chi connectivity index (χ1) is 30.4. The summed E-state index contributed by atoms with van der Waals surface area (Å²) in [6.07, 6.45) is 17.1. The molecule has 0 atom stereocenters. The summed E-state index contributed by atoms with van der Waals surface area (Å²) in [6, 6.07) is 69.5. The Kier molecular flexibility index (Phi) is 13.0. The van der Waals surface area contributed by atoms with Gasteiger partial charge < -0.3 is 9.80 Å². The lowest BCUT2D eigenvalue weighted by molar-refractivity contribution is 1.28. The summed E-state index contributed by atoms with van der Waals surface area (Å²) in [7, 11) is 0. The Hall–Kier alpha value is -7.68. The van der Waals surface area contributed by atoms with Gasteiger partial charge in [-0.15, -0.1) is 0 Å². The van der Waals surface area contributed by atoms with Crippen LogP contribution < -0.4 is 9.80 Å². The van der Waals surface area contributed by atoms with Gasteiger partial charge in [-0.3, -0.25) is 0 Å². The molecule has 0 aliphatic heterocycles. The van der Waals surface area contributed by atoms with Crippen molar-refractivity contribution in [1.82, 2.24) is 0 Å². The normalized spacial score (nSPS) is 11.6. The summed E-state index contributed by atoms with van der Waals surface area (Å²) in [6.45, 7) is 8.58. The molecule has 62 heavy (non-hydrogen) atoms. The largest absolute Gasteiger partial charge is 0.311 e. The molecular formula is C60H52N2. The number of hydrogen-bond acceptors (Lipinski definition) is 2. The zero-order chi connectivity index (χ0) is 42.7. The van der Waals surface area contributed by atoms with Gasteiger partial charge in [-0.1, -0.05) is 181 Å². The number of para-hydroxylation sites is 2. The van der Waals surface area contributed by atoms with Crippen molar-refractivity contribution in [3.05, 3.63) is 263 Å². The molecule has 0 heterocycles. The lowest BCUT2D eigenvalue weighted by Crippen LogP contribution is -2.10. The molecule has 0 saturated heterocycles. The highest BCUT2D eigenvalue weighted by Crippen LogP contribution is 2.38. The van der Waals surface area contributed by atoms with E-state index in [0.29, 0.717) is 0 Å². The van der Waals surface area contributed by atoms with Crippen molar-refractivity contribution in [1.29, 1.82) is 0 Å². The smallest absolute Gasteiger partial charge is 0.0462 e. The van der Waals surface area contributed by atoms with E-state index in [2.05, 4.69) is 280 Å². The fourth-order valence-electron chi connectivity index (χ4n) is 7.80. The van der Waals surface area contributed by atoms with E-state index >= 15 is 0 Å². The van der Waals surface area contributed by atoms with Gasteiger partial charge in [0.15, 0.2) is 0 Å². The molecule has 0 spiro atoms. The first-order valence-corrected chi connectivity index (χ1v) is 21.3. The van der Waals surface area contributed by atoms with Gasteiger partial charge in [-0.25, -0.2) is 0 Å². The molecule has 2 heteroatoms. The Bertz CT molecular complexity index is 2630. The van der Waals surface area contributed by atoms with Crippen LogP contribution in [0.4, 0.5) is 34.1 Å². The molecule has 2 nitrogen and oxygen atoms in total. The van der Waals surface area contributed by atoms with E-state index in [9.17, 15) is 0 Å². The molecule has 0 fully saturated rings. The molecule has 302 valence electrons. The van der Waals surface area contributed by atoms with Crippen molar-refractivity contribution in [2.75, 3.05) is 9.80 Å². The Morgan fingerprint density at radius 2 is 0.597 bits per heavy atom. The van der Waals surface area contributed by atoms with Crippen molar-refractivity contribution >= 4 is 58.4 Å². The second-order valence-electron chi connectivity index (χ2n) is 15.8. The topological polar surface area (TPSA) is 6.48 Å². The molecule has 0 radical (unpaired) electrons. The van der Waals surface area contributed by atoms with Crippen LogP contribution in [0.1, 0.15) is 44.5 Å². The molecule has 0 aromatic heterocycles. The first kappa shape index (κ1) is 41.1. The van der Waals surface area contributed by atoms with Crippen LogP contribution in [0.5, 0.6) is 0 Å². The van der Waals surface area contributed by atoms with Crippen LogP contribution in [-0.4, -0.2) is 0 Å². The predicted molar refractivity (Wildman–Crippen MR) is 269 cm³/mol. The molecule has 0 bridgehead atoms. The Morgan fingerprint density at radius 1 is 0.290 bits per heavy atom. The number of aryl methyl sites for hydroxylation is 4. The average Bonchev–Trinajstić information content (AvgIpc) is 3.30. The number of nitrogens with zero attached hydrogens (tertiary/aromatic N) is 2. The standard InChI is InChI=1S/C60H52N2/c1-45-23-29-51(47(3)43-45)17-13-11-15-49-25-35-57(36-26-49)61(55-19-7-5-8-20-55)59-39-31-53(32-40-59)54-33-41-60(42-34-54)62(56-21-9-6-10-22-56)58-37-27-50(28-38-58)16-12-14-18-52-30-24-46(2)44-48(52)4/h5-44H,1-4H3/b15-11+,16-12+,17-13+,18-14+. The Morgan fingerprint density at radius 3 is 0.935 bits per heavy atom. The molecule has 0 saturated carbocycles. The zero-order valence-electron chi connectivity index (χ0n) is 36.0. The van der Waals surface area contributed by atoms with E-state index in [4.69, 9.17) is 0 Å². The Balaban J connectivity index is 0.983. The molecule has 0 N–H and O–H groups in total. The minimum atomic E-state index is 1.10. The number of hydrogen-bond donors (Lipinski definition) is 0. The average molecular weight is 801 g/mol. The Labute approximate surface area is 368 Å². The van der Waals surface area contributed by atoms with Gasteiger partial charge in [0.1, 0.15) is 0 Å². The lowest BCUT2D eigenvalue weighted by atomic mass is 10.0. The quantitative estimate of drug-likeness (QED) is 0.107. The minimum Gasteiger partial charge on any atom is -0.311 e. The van der Waals surface area contributed by atoms with Gasteiger partial charge in [0, 0.05) is 34.1 Å². The summed E-state index contributed by atoms with van der Waals surface area (Å²) >= 11 is 0. The van der Waals surface area contributed by atoms with Gasteiger partial charge in [0.2, 0.25) is 0 Å². The van der Waals surface area contributed by atoms with E-state index in [1.54, 1.807) is 0 Å². The maximum Gasteiger partial charge on any atom is 0.0462 e. The van der Waals surface area contributed by atoms with Gasteiger partial charge >= 0.3 is 0 Å². The fourth-order valence-corrected chi connectivity index (χ4v) is 7.80. The number of anilines is 6. The summed E-state index contributed by atoms with van der Waals surface area (Å²) in [4.78, 5) is 4.62. The van der Waals surface area contributed by atoms with Crippen LogP contribution in [-0.2, 0) is 0 Å². The van der Waals surface area contributed by atoms with Crippen LogP contribution in [0.15, 0.2) is 218 Å². The number of rotatable bonds is 13. The fraction of sp³-hybridized carbons (Fsp3) is 0.0667. The highest BCUT2D eigenvalue weighted by Gasteiger charge is 2.15. The molecule has 8 aromatic rings. The van der Waals surface area contributed by atoms with Gasteiger partial charge in [0.05, 0.1) is 0 Å². The summed E-state index contributed by atoms with van der Waals surface area (Å²) in [5.74, 6) is 0. The van der Waals surface area contributed by atoms with Crippen LogP contribution in [0.3, 0.4) is 0 Å². The zero-order valence-corrected chi connectivity index (χ0v) is 36.0. The molecule has 0 aliphatic carbocycles. The molecular weight excluding hydrogens is 749 g/mol. The van der Waals surface area contributed by atoms with Gasteiger partial charge in [-0.2, -0.15) is 0 Å². The third kappa shape index (κ3) is 10.2.